The number of hydrogen-bond acceptors (Lipinski definition) is 6. The first-order valence-corrected chi connectivity index (χ1v) is 15.3. The molecule has 2 fully saturated rings. The van der Waals surface area contributed by atoms with Crippen LogP contribution in [0.3, 0.4) is 0 Å². The second-order valence-corrected chi connectivity index (χ2v) is 16.0. The van der Waals surface area contributed by atoms with Crippen molar-refractivity contribution < 1.29 is 34.0 Å². The number of rotatable bonds is 12. The summed E-state index contributed by atoms with van der Waals surface area (Å²) in [4.78, 5) is 10.7. The van der Waals surface area contributed by atoms with Crippen LogP contribution in [-0.4, -0.2) is 67.4 Å². The topological polar surface area (TPSA) is 105 Å². The number of aliphatic hydroxyl groups is 2. The summed E-state index contributed by atoms with van der Waals surface area (Å²) >= 11 is 0. The van der Waals surface area contributed by atoms with Crippen molar-refractivity contribution in [3.8, 4) is 0 Å². The van der Waals surface area contributed by atoms with Crippen LogP contribution in [0.15, 0.2) is 0 Å². The fraction of sp³-hybridized carbons (Fsp3) is 0.958. The van der Waals surface area contributed by atoms with Crippen LogP contribution in [0.1, 0.15) is 78.6 Å². The van der Waals surface area contributed by atoms with E-state index in [1.54, 1.807) is 0 Å². The Labute approximate surface area is 195 Å². The molecule has 1 unspecified atom stereocenters. The van der Waals surface area contributed by atoms with Gasteiger partial charge < -0.3 is 29.2 Å². The summed E-state index contributed by atoms with van der Waals surface area (Å²) in [5.41, 5.74) is 0. The molecule has 1 aliphatic carbocycles. The highest BCUT2D eigenvalue weighted by atomic mass is 28.4. The maximum absolute atomic E-state index is 10.9. The molecule has 7 nitrogen and oxygen atoms in total. The minimum atomic E-state index is -1.95. The lowest BCUT2D eigenvalue weighted by atomic mass is 9.88. The zero-order valence-corrected chi connectivity index (χ0v) is 21.7. The van der Waals surface area contributed by atoms with E-state index in [1.165, 1.54) is 0 Å². The molecule has 0 bridgehead atoms. The number of aliphatic carboxylic acids is 1. The van der Waals surface area contributed by atoms with Gasteiger partial charge in [0.1, 0.15) is 0 Å². The van der Waals surface area contributed by atoms with Crippen LogP contribution in [0, 0.1) is 11.8 Å². The standard InChI is InChI=1S/C24H46O7Si/c1-24(2,3)32(4,5)30-16-19-18(13-12-17(25)9-8-10-22(27)28)20(26)15-21(19)31-23-11-6-7-14-29-23/h17-21,23,25-26H,6-16H2,1-5H3,(H,27,28)/t17-,18-,19-,20-,21-,23?/m1/s1. The number of carboxylic acids is 1. The minimum absolute atomic E-state index is 0.0116. The highest BCUT2D eigenvalue weighted by molar-refractivity contribution is 6.74. The van der Waals surface area contributed by atoms with Crippen molar-refractivity contribution in [2.45, 2.75) is 121 Å². The van der Waals surface area contributed by atoms with Crippen molar-refractivity contribution >= 4 is 14.3 Å². The summed E-state index contributed by atoms with van der Waals surface area (Å²) in [6, 6.07) is 0. The van der Waals surface area contributed by atoms with E-state index in [2.05, 4.69) is 33.9 Å². The normalized spacial score (nSPS) is 30.4. The Hall–Kier alpha value is -0.513. The van der Waals surface area contributed by atoms with Gasteiger partial charge in [0.05, 0.1) is 18.3 Å². The van der Waals surface area contributed by atoms with E-state index < -0.39 is 26.5 Å². The average molecular weight is 475 g/mol. The second-order valence-electron chi connectivity index (χ2n) is 11.2. The van der Waals surface area contributed by atoms with Crippen LogP contribution >= 0.6 is 0 Å². The number of ether oxygens (including phenoxy) is 2. The fourth-order valence-corrected chi connectivity index (χ4v) is 5.54. The third-order valence-electron chi connectivity index (χ3n) is 7.66. The smallest absolute Gasteiger partial charge is 0.303 e. The van der Waals surface area contributed by atoms with E-state index in [1.807, 2.05) is 0 Å². The summed E-state index contributed by atoms with van der Waals surface area (Å²) in [6.45, 7) is 12.4. The Balaban J connectivity index is 2.01. The van der Waals surface area contributed by atoms with E-state index in [0.717, 1.165) is 25.9 Å². The Kier molecular flexibility index (Phi) is 10.6. The van der Waals surface area contributed by atoms with Crippen LogP contribution in [0.25, 0.3) is 0 Å². The first-order valence-electron chi connectivity index (χ1n) is 12.4. The largest absolute Gasteiger partial charge is 0.481 e. The molecule has 32 heavy (non-hydrogen) atoms. The van der Waals surface area contributed by atoms with Crippen molar-refractivity contribution in [2.24, 2.45) is 11.8 Å². The van der Waals surface area contributed by atoms with Crippen molar-refractivity contribution in [1.29, 1.82) is 0 Å². The predicted molar refractivity (Wildman–Crippen MR) is 126 cm³/mol. The Morgan fingerprint density at radius 3 is 2.50 bits per heavy atom. The Morgan fingerprint density at radius 1 is 1.19 bits per heavy atom. The van der Waals surface area contributed by atoms with E-state index in [9.17, 15) is 15.0 Å². The molecule has 1 saturated heterocycles. The van der Waals surface area contributed by atoms with Gasteiger partial charge in [0.15, 0.2) is 14.6 Å². The zero-order valence-electron chi connectivity index (χ0n) is 20.7. The average Bonchev–Trinajstić information content (AvgIpc) is 2.98. The summed E-state index contributed by atoms with van der Waals surface area (Å²) in [7, 11) is -1.95. The van der Waals surface area contributed by atoms with Crippen LogP contribution in [0.4, 0.5) is 0 Å². The third kappa shape index (κ3) is 8.36. The maximum Gasteiger partial charge on any atom is 0.303 e. The van der Waals surface area contributed by atoms with Gasteiger partial charge in [-0.2, -0.15) is 0 Å². The van der Waals surface area contributed by atoms with Crippen LogP contribution in [-0.2, 0) is 18.7 Å². The first-order chi connectivity index (χ1) is 14.9. The van der Waals surface area contributed by atoms with Crippen LogP contribution in [0.2, 0.25) is 18.1 Å². The summed E-state index contributed by atoms with van der Waals surface area (Å²) in [5, 5.41) is 30.1. The molecule has 8 heteroatoms. The zero-order chi connectivity index (χ0) is 23.9. The predicted octanol–water partition coefficient (Wildman–Crippen LogP) is 4.31. The first kappa shape index (κ1) is 27.7. The van der Waals surface area contributed by atoms with Crippen LogP contribution in [0.5, 0.6) is 0 Å². The molecule has 0 amide bonds. The van der Waals surface area contributed by atoms with Crippen molar-refractivity contribution in [3.05, 3.63) is 0 Å². The second kappa shape index (κ2) is 12.3. The molecule has 188 valence electrons. The van der Waals surface area contributed by atoms with E-state index in [0.29, 0.717) is 38.7 Å². The lowest BCUT2D eigenvalue weighted by Gasteiger charge is -2.39. The quantitative estimate of drug-likeness (QED) is 0.362. The lowest BCUT2D eigenvalue weighted by Crippen LogP contribution is -2.44. The molecule has 0 spiro atoms. The Bertz CT molecular complexity index is 571. The van der Waals surface area contributed by atoms with Gasteiger partial charge in [-0.15, -0.1) is 0 Å². The minimum Gasteiger partial charge on any atom is -0.481 e. The molecule has 1 saturated carbocycles. The van der Waals surface area contributed by atoms with Crippen LogP contribution < -0.4 is 0 Å². The number of carbonyl (C=O) groups is 1. The van der Waals surface area contributed by atoms with Gasteiger partial charge in [0.2, 0.25) is 0 Å². The highest BCUT2D eigenvalue weighted by Gasteiger charge is 2.46. The van der Waals surface area contributed by atoms with E-state index in [4.69, 9.17) is 19.0 Å². The highest BCUT2D eigenvalue weighted by Crippen LogP contribution is 2.42. The molecule has 6 atom stereocenters. The van der Waals surface area contributed by atoms with Gasteiger partial charge in [-0.3, -0.25) is 4.79 Å². The van der Waals surface area contributed by atoms with Gasteiger partial charge in [-0.25, -0.2) is 0 Å². The van der Waals surface area contributed by atoms with Gasteiger partial charge in [-0.05, 0) is 69.0 Å². The number of hydrogen-bond donors (Lipinski definition) is 3. The third-order valence-corrected chi connectivity index (χ3v) is 12.2. The maximum atomic E-state index is 10.9. The molecule has 2 rings (SSSR count). The molecule has 3 N–H and O–H groups in total. The van der Waals surface area contributed by atoms with Gasteiger partial charge in [0.25, 0.3) is 0 Å². The van der Waals surface area contributed by atoms with Gasteiger partial charge in [0, 0.05) is 32.0 Å². The van der Waals surface area contributed by atoms with Crippen molar-refractivity contribution in [1.82, 2.24) is 0 Å². The molecule has 0 aromatic rings. The molecule has 1 aliphatic heterocycles. The number of aliphatic hydroxyl groups excluding tert-OH is 2. The molecule has 0 radical (unpaired) electrons. The molecular weight excluding hydrogens is 428 g/mol. The van der Waals surface area contributed by atoms with E-state index >= 15 is 0 Å². The molecule has 0 aromatic carbocycles. The van der Waals surface area contributed by atoms with E-state index in [-0.39, 0.29) is 35.7 Å². The van der Waals surface area contributed by atoms with Gasteiger partial charge in [-0.1, -0.05) is 20.8 Å². The molecule has 2 aliphatic rings. The Morgan fingerprint density at radius 2 is 1.91 bits per heavy atom. The molecular formula is C24H46O7Si. The van der Waals surface area contributed by atoms with Gasteiger partial charge >= 0.3 is 5.97 Å². The lowest BCUT2D eigenvalue weighted by molar-refractivity contribution is -0.198. The number of carboxylic acid groups (broad SMARTS) is 1. The monoisotopic (exact) mass is 474 g/mol. The molecule has 1 heterocycles. The molecule has 0 aromatic heterocycles. The summed E-state index contributed by atoms with van der Waals surface area (Å²) in [5.74, 6) is -0.797. The fourth-order valence-electron chi connectivity index (χ4n) is 4.50. The SMILES string of the molecule is CC(C)(C)[Si](C)(C)OC[C@@H]1[C@@H](CC[C@H](O)CCCC(=O)O)[C@H](O)C[C@H]1OC1CCCCO1. The summed E-state index contributed by atoms with van der Waals surface area (Å²) < 4.78 is 18.7. The van der Waals surface area contributed by atoms with Crippen molar-refractivity contribution in [2.75, 3.05) is 13.2 Å². The summed E-state index contributed by atoms with van der Waals surface area (Å²) in [6.07, 6.45) is 4.45. The van der Waals surface area contributed by atoms with Crippen molar-refractivity contribution in [3.63, 3.8) is 0 Å².